The van der Waals surface area contributed by atoms with Crippen LogP contribution in [0.4, 0.5) is 4.79 Å². The fourth-order valence-corrected chi connectivity index (χ4v) is 3.53. The summed E-state index contributed by atoms with van der Waals surface area (Å²) < 4.78 is 1.77. The Hall–Kier alpha value is -3.65. The number of imide groups is 2. The number of urea groups is 1. The molecule has 4 rings (SSSR count). The SMILES string of the molecule is CSc1ccc(Cn2cc(C=C3C(=O)NC(=O)NC3=O)c(-c3ccccc3)n2)cc1. The van der Waals surface area contributed by atoms with E-state index in [9.17, 15) is 14.4 Å². The van der Waals surface area contributed by atoms with Gasteiger partial charge < -0.3 is 0 Å². The van der Waals surface area contributed by atoms with Crippen LogP contribution in [0.2, 0.25) is 0 Å². The second kappa shape index (κ2) is 8.38. The monoisotopic (exact) mass is 418 g/mol. The van der Waals surface area contributed by atoms with E-state index >= 15 is 0 Å². The molecule has 1 aliphatic rings. The molecule has 2 aromatic carbocycles. The molecule has 1 aromatic heterocycles. The molecule has 7 nitrogen and oxygen atoms in total. The molecule has 2 heterocycles. The highest BCUT2D eigenvalue weighted by molar-refractivity contribution is 7.98. The first-order valence-corrected chi connectivity index (χ1v) is 10.4. The summed E-state index contributed by atoms with van der Waals surface area (Å²) in [5.41, 5.74) is 3.04. The van der Waals surface area contributed by atoms with Crippen molar-refractivity contribution in [2.45, 2.75) is 11.4 Å². The van der Waals surface area contributed by atoms with Gasteiger partial charge in [0, 0.05) is 22.2 Å². The van der Waals surface area contributed by atoms with Gasteiger partial charge in [-0.2, -0.15) is 5.10 Å². The Morgan fingerprint density at radius 1 is 0.967 bits per heavy atom. The first-order chi connectivity index (χ1) is 14.5. The minimum atomic E-state index is -0.824. The Kier molecular flexibility index (Phi) is 5.49. The third-order valence-corrected chi connectivity index (χ3v) is 5.33. The number of aromatic nitrogens is 2. The van der Waals surface area contributed by atoms with Crippen LogP contribution >= 0.6 is 11.8 Å². The first-order valence-electron chi connectivity index (χ1n) is 9.17. The van der Waals surface area contributed by atoms with E-state index in [-0.39, 0.29) is 5.57 Å². The summed E-state index contributed by atoms with van der Waals surface area (Å²) in [5.74, 6) is -1.47. The lowest BCUT2D eigenvalue weighted by molar-refractivity contribution is -0.123. The fraction of sp³-hybridized carbons (Fsp3) is 0.0909. The zero-order valence-corrected chi connectivity index (χ0v) is 16.9. The number of carbonyl (C=O) groups is 3. The molecule has 0 atom stereocenters. The summed E-state index contributed by atoms with van der Waals surface area (Å²) in [6.07, 6.45) is 5.27. The van der Waals surface area contributed by atoms with Gasteiger partial charge in [0.25, 0.3) is 11.8 Å². The van der Waals surface area contributed by atoms with Crippen molar-refractivity contribution in [2.24, 2.45) is 0 Å². The third-order valence-electron chi connectivity index (χ3n) is 4.58. The summed E-state index contributed by atoms with van der Waals surface area (Å²) in [4.78, 5) is 36.8. The van der Waals surface area contributed by atoms with Crippen molar-refractivity contribution in [1.29, 1.82) is 0 Å². The summed E-state index contributed by atoms with van der Waals surface area (Å²) in [6, 6.07) is 16.9. The van der Waals surface area contributed by atoms with Gasteiger partial charge in [0.2, 0.25) is 0 Å². The molecule has 30 heavy (non-hydrogen) atoms. The number of amides is 4. The van der Waals surface area contributed by atoms with E-state index in [1.165, 1.54) is 11.0 Å². The number of barbiturate groups is 1. The van der Waals surface area contributed by atoms with Crippen LogP contribution in [0.15, 0.2) is 71.3 Å². The Bertz CT molecular complexity index is 1130. The van der Waals surface area contributed by atoms with Gasteiger partial charge in [-0.05, 0) is 30.0 Å². The Morgan fingerprint density at radius 2 is 1.63 bits per heavy atom. The smallest absolute Gasteiger partial charge is 0.273 e. The first kappa shape index (κ1) is 19.7. The van der Waals surface area contributed by atoms with Crippen LogP contribution in [-0.4, -0.2) is 33.9 Å². The fourth-order valence-electron chi connectivity index (χ4n) is 3.12. The van der Waals surface area contributed by atoms with Crippen LogP contribution in [0.5, 0.6) is 0 Å². The van der Waals surface area contributed by atoms with Crippen LogP contribution in [-0.2, 0) is 16.1 Å². The highest BCUT2D eigenvalue weighted by atomic mass is 32.2. The zero-order valence-electron chi connectivity index (χ0n) is 16.1. The lowest BCUT2D eigenvalue weighted by atomic mass is 10.0. The number of hydrogen-bond acceptors (Lipinski definition) is 5. The van der Waals surface area contributed by atoms with Crippen molar-refractivity contribution >= 4 is 35.7 Å². The molecule has 1 aliphatic heterocycles. The maximum absolute atomic E-state index is 12.1. The number of nitrogens with zero attached hydrogens (tertiary/aromatic N) is 2. The molecule has 0 radical (unpaired) electrons. The predicted octanol–water partition coefficient (Wildman–Crippen LogP) is 3.07. The Morgan fingerprint density at radius 3 is 2.27 bits per heavy atom. The summed E-state index contributed by atoms with van der Waals surface area (Å²) in [6.45, 7) is 0.536. The number of rotatable bonds is 5. The predicted molar refractivity (Wildman–Crippen MR) is 115 cm³/mol. The second-order valence-electron chi connectivity index (χ2n) is 6.64. The molecule has 4 amide bonds. The van der Waals surface area contributed by atoms with Crippen molar-refractivity contribution in [3.05, 3.63) is 77.5 Å². The van der Waals surface area contributed by atoms with Gasteiger partial charge in [0.15, 0.2) is 0 Å². The third kappa shape index (κ3) is 4.18. The molecule has 1 saturated heterocycles. The van der Waals surface area contributed by atoms with E-state index in [1.54, 1.807) is 22.6 Å². The van der Waals surface area contributed by atoms with E-state index in [0.29, 0.717) is 17.8 Å². The molecule has 2 N–H and O–H groups in total. The molecule has 8 heteroatoms. The lowest BCUT2D eigenvalue weighted by Gasteiger charge is -2.13. The van der Waals surface area contributed by atoms with Gasteiger partial charge in [-0.3, -0.25) is 24.9 Å². The largest absolute Gasteiger partial charge is 0.328 e. The van der Waals surface area contributed by atoms with Gasteiger partial charge in [-0.1, -0.05) is 42.5 Å². The average Bonchev–Trinajstić information content (AvgIpc) is 3.14. The topological polar surface area (TPSA) is 93.1 Å². The Labute approximate surface area is 177 Å². The van der Waals surface area contributed by atoms with E-state index in [1.807, 2.05) is 48.7 Å². The quantitative estimate of drug-likeness (QED) is 0.377. The average molecular weight is 418 g/mol. The summed E-state index contributed by atoms with van der Waals surface area (Å²) in [5, 5.41) is 8.86. The highest BCUT2D eigenvalue weighted by Gasteiger charge is 2.28. The number of hydrogen-bond donors (Lipinski definition) is 2. The number of benzene rings is 2. The highest BCUT2D eigenvalue weighted by Crippen LogP contribution is 2.25. The number of thioether (sulfide) groups is 1. The van der Waals surface area contributed by atoms with Crippen molar-refractivity contribution in [3.63, 3.8) is 0 Å². The molecule has 0 unspecified atom stereocenters. The molecular formula is C22H18N4O3S. The maximum atomic E-state index is 12.1. The van der Waals surface area contributed by atoms with Crippen LogP contribution in [0.25, 0.3) is 17.3 Å². The summed E-state index contributed by atoms with van der Waals surface area (Å²) in [7, 11) is 0. The van der Waals surface area contributed by atoms with E-state index in [4.69, 9.17) is 0 Å². The molecule has 0 spiro atoms. The number of nitrogens with one attached hydrogen (secondary N) is 2. The minimum absolute atomic E-state index is 0.143. The van der Waals surface area contributed by atoms with Crippen LogP contribution in [0.1, 0.15) is 11.1 Å². The molecule has 3 aromatic rings. The molecule has 0 saturated carbocycles. The molecule has 0 bridgehead atoms. The van der Waals surface area contributed by atoms with Crippen molar-refractivity contribution in [2.75, 3.05) is 6.26 Å². The second-order valence-corrected chi connectivity index (χ2v) is 7.52. The molecular weight excluding hydrogens is 400 g/mol. The standard InChI is InChI=1S/C22H18N4O3S/c1-30-17-9-7-14(8-10-17)12-26-13-16(19(25-26)15-5-3-2-4-6-15)11-18-20(27)23-22(29)24-21(18)28/h2-11,13H,12H2,1H3,(H2,23,24,27,28,29). The van der Waals surface area contributed by atoms with Gasteiger partial charge in [0.05, 0.1) is 12.2 Å². The normalized spacial score (nSPS) is 13.8. The number of carbonyl (C=O) groups excluding carboxylic acids is 3. The maximum Gasteiger partial charge on any atom is 0.328 e. The van der Waals surface area contributed by atoms with Crippen LogP contribution in [0.3, 0.4) is 0 Å². The summed E-state index contributed by atoms with van der Waals surface area (Å²) >= 11 is 1.68. The minimum Gasteiger partial charge on any atom is -0.273 e. The van der Waals surface area contributed by atoms with Crippen molar-refractivity contribution in [1.82, 2.24) is 20.4 Å². The van der Waals surface area contributed by atoms with E-state index < -0.39 is 17.8 Å². The van der Waals surface area contributed by atoms with Crippen LogP contribution < -0.4 is 10.6 Å². The zero-order chi connectivity index (χ0) is 21.1. The lowest BCUT2D eigenvalue weighted by Crippen LogP contribution is -2.51. The van der Waals surface area contributed by atoms with Gasteiger partial charge in [-0.15, -0.1) is 11.8 Å². The van der Waals surface area contributed by atoms with Gasteiger partial charge in [-0.25, -0.2) is 4.79 Å². The Balaban J connectivity index is 1.73. The molecule has 0 aliphatic carbocycles. The molecule has 1 fully saturated rings. The van der Waals surface area contributed by atoms with Gasteiger partial charge >= 0.3 is 6.03 Å². The molecule has 150 valence electrons. The van der Waals surface area contributed by atoms with Crippen LogP contribution in [0, 0.1) is 0 Å². The van der Waals surface area contributed by atoms with Crippen molar-refractivity contribution in [3.8, 4) is 11.3 Å². The van der Waals surface area contributed by atoms with E-state index in [0.717, 1.165) is 11.1 Å². The van der Waals surface area contributed by atoms with Gasteiger partial charge in [0.1, 0.15) is 5.57 Å². The van der Waals surface area contributed by atoms with E-state index in [2.05, 4.69) is 27.9 Å². The van der Waals surface area contributed by atoms with Crippen molar-refractivity contribution < 1.29 is 14.4 Å².